The van der Waals surface area contributed by atoms with Crippen LogP contribution in [-0.4, -0.2) is 58.2 Å². The lowest BCUT2D eigenvalue weighted by Crippen LogP contribution is -2.54. The van der Waals surface area contributed by atoms with E-state index in [2.05, 4.69) is 46.0 Å². The van der Waals surface area contributed by atoms with Crippen LogP contribution in [-0.2, 0) is 14.6 Å². The number of hydrogen-bond acceptors (Lipinski definition) is 4. The Labute approximate surface area is 192 Å². The van der Waals surface area contributed by atoms with Gasteiger partial charge in [0.05, 0.1) is 4.75 Å². The van der Waals surface area contributed by atoms with Gasteiger partial charge < -0.3 is 15.4 Å². The lowest BCUT2D eigenvalue weighted by atomic mass is 9.82. The summed E-state index contributed by atoms with van der Waals surface area (Å²) in [7, 11) is -1.45. The molecule has 0 bridgehead atoms. The average molecular weight is 535 g/mol. The van der Waals surface area contributed by atoms with Gasteiger partial charge in [-0.05, 0) is 50.0 Å². The first-order valence-corrected chi connectivity index (χ1v) is 12.1. The van der Waals surface area contributed by atoms with Crippen molar-refractivity contribution in [3.05, 3.63) is 35.9 Å². The number of aliphatic imine (C=N–C) groups is 1. The molecular weight excluding hydrogens is 501 g/mol. The summed E-state index contributed by atoms with van der Waals surface area (Å²) in [5.41, 5.74) is 1.43. The van der Waals surface area contributed by atoms with Crippen LogP contribution in [0.1, 0.15) is 50.0 Å². The fraction of sp³-hybridized carbons (Fsp3) is 0.667. The van der Waals surface area contributed by atoms with Crippen LogP contribution in [0.5, 0.6) is 0 Å². The van der Waals surface area contributed by atoms with Crippen molar-refractivity contribution in [2.24, 2.45) is 4.99 Å². The summed E-state index contributed by atoms with van der Waals surface area (Å²) < 4.78 is 29.4. The summed E-state index contributed by atoms with van der Waals surface area (Å²) in [6.45, 7) is 1.35. The number of benzene rings is 1. The second-order valence-corrected chi connectivity index (χ2v) is 10.5. The Kier molecular flexibility index (Phi) is 9.21. The predicted molar refractivity (Wildman–Crippen MR) is 129 cm³/mol. The van der Waals surface area contributed by atoms with Crippen molar-refractivity contribution < 1.29 is 13.2 Å². The topological polar surface area (TPSA) is 79.8 Å². The number of nitrogens with one attached hydrogen (secondary N) is 2. The Morgan fingerprint density at radius 3 is 2.31 bits per heavy atom. The van der Waals surface area contributed by atoms with Gasteiger partial charge in [0.15, 0.2) is 15.8 Å². The minimum absolute atomic E-state index is 0. The average Bonchev–Trinajstić information content (AvgIpc) is 2.72. The molecule has 0 unspecified atom stereocenters. The van der Waals surface area contributed by atoms with Gasteiger partial charge in [-0.25, -0.2) is 8.42 Å². The van der Waals surface area contributed by atoms with Crippen molar-refractivity contribution in [3.8, 4) is 0 Å². The summed E-state index contributed by atoms with van der Waals surface area (Å²) in [5, 5.41) is 6.78. The molecule has 0 atom stereocenters. The highest BCUT2D eigenvalue weighted by atomic mass is 127. The number of halogens is 1. The van der Waals surface area contributed by atoms with Gasteiger partial charge in [-0.15, -0.1) is 24.0 Å². The van der Waals surface area contributed by atoms with Crippen molar-refractivity contribution in [2.75, 3.05) is 33.1 Å². The minimum Gasteiger partial charge on any atom is -0.381 e. The Morgan fingerprint density at radius 1 is 1.14 bits per heavy atom. The Morgan fingerprint density at radius 2 is 1.76 bits per heavy atom. The molecule has 0 amide bonds. The zero-order valence-corrected chi connectivity index (χ0v) is 20.5. The fourth-order valence-electron chi connectivity index (χ4n) is 4.35. The molecule has 0 spiro atoms. The van der Waals surface area contributed by atoms with Crippen LogP contribution in [0.25, 0.3) is 0 Å². The summed E-state index contributed by atoms with van der Waals surface area (Å²) >= 11 is 0. The van der Waals surface area contributed by atoms with E-state index in [-0.39, 0.29) is 24.0 Å². The minimum atomic E-state index is -3.19. The number of hydrogen-bond donors (Lipinski definition) is 2. The maximum Gasteiger partial charge on any atom is 0.191 e. The molecule has 1 heterocycles. The summed E-state index contributed by atoms with van der Waals surface area (Å²) in [6.07, 6.45) is 6.88. The van der Waals surface area contributed by atoms with Crippen molar-refractivity contribution in [1.82, 2.24) is 10.6 Å². The highest BCUT2D eigenvalue weighted by Crippen LogP contribution is 2.33. The SMILES string of the molecule is CN=C(NCC1(S(C)(=O)=O)CCOCC1)NC1CCC(c2ccccc2)CC1.I. The van der Waals surface area contributed by atoms with E-state index in [0.29, 0.717) is 50.5 Å². The van der Waals surface area contributed by atoms with E-state index in [9.17, 15) is 8.42 Å². The van der Waals surface area contributed by atoms with Crippen molar-refractivity contribution in [2.45, 2.75) is 55.2 Å². The molecule has 1 aromatic rings. The van der Waals surface area contributed by atoms with Crippen LogP contribution >= 0.6 is 24.0 Å². The number of rotatable bonds is 5. The van der Waals surface area contributed by atoms with Crippen LogP contribution in [0.3, 0.4) is 0 Å². The van der Waals surface area contributed by atoms with Gasteiger partial charge in [0, 0.05) is 39.1 Å². The molecule has 1 aliphatic carbocycles. The molecule has 2 aliphatic rings. The third-order valence-electron chi connectivity index (χ3n) is 6.33. The molecule has 164 valence electrons. The molecule has 1 aliphatic heterocycles. The molecule has 2 fully saturated rings. The van der Waals surface area contributed by atoms with E-state index in [1.54, 1.807) is 7.05 Å². The van der Waals surface area contributed by atoms with Gasteiger partial charge in [0.2, 0.25) is 0 Å². The molecule has 6 nitrogen and oxygen atoms in total. The second-order valence-electron chi connectivity index (χ2n) is 8.10. The van der Waals surface area contributed by atoms with E-state index < -0.39 is 14.6 Å². The third-order valence-corrected chi connectivity index (χ3v) is 8.46. The number of guanidine groups is 1. The Hall–Kier alpha value is -0.870. The molecule has 1 aromatic carbocycles. The molecule has 8 heteroatoms. The van der Waals surface area contributed by atoms with Gasteiger partial charge in [-0.3, -0.25) is 4.99 Å². The standard InChI is InChI=1S/C21H33N3O3S.HI/c1-22-20(23-16-21(28(2,25)26)12-14-27-15-13-21)24-19-10-8-18(9-11-19)17-6-4-3-5-7-17;/h3-7,18-19H,8-16H2,1-2H3,(H2,22,23,24);1H. The molecule has 1 saturated carbocycles. The summed E-state index contributed by atoms with van der Waals surface area (Å²) in [5.74, 6) is 1.32. The highest BCUT2D eigenvalue weighted by Gasteiger charge is 2.42. The molecule has 0 radical (unpaired) electrons. The zero-order chi connectivity index (χ0) is 20.0. The molecule has 3 rings (SSSR count). The summed E-state index contributed by atoms with van der Waals surface area (Å²) in [6, 6.07) is 11.1. The van der Waals surface area contributed by atoms with E-state index >= 15 is 0 Å². The number of sulfone groups is 1. The smallest absolute Gasteiger partial charge is 0.191 e. The van der Waals surface area contributed by atoms with E-state index in [0.717, 1.165) is 25.7 Å². The van der Waals surface area contributed by atoms with Crippen LogP contribution in [0.2, 0.25) is 0 Å². The predicted octanol–water partition coefficient (Wildman–Crippen LogP) is 3.09. The summed E-state index contributed by atoms with van der Waals surface area (Å²) in [4.78, 5) is 4.33. The fourth-order valence-corrected chi connectivity index (χ4v) is 5.59. The van der Waals surface area contributed by atoms with E-state index in [4.69, 9.17) is 4.74 Å². The third kappa shape index (κ3) is 6.30. The zero-order valence-electron chi connectivity index (χ0n) is 17.4. The van der Waals surface area contributed by atoms with Crippen LogP contribution in [0, 0.1) is 0 Å². The first-order valence-electron chi connectivity index (χ1n) is 10.2. The Balaban J connectivity index is 0.00000300. The number of nitrogens with zero attached hydrogens (tertiary/aromatic N) is 1. The Bertz CT molecular complexity index is 757. The van der Waals surface area contributed by atoms with Crippen LogP contribution in [0.4, 0.5) is 0 Å². The lowest BCUT2D eigenvalue weighted by Gasteiger charge is -2.36. The van der Waals surface area contributed by atoms with Crippen LogP contribution in [0.15, 0.2) is 35.3 Å². The first-order chi connectivity index (χ1) is 13.4. The molecule has 29 heavy (non-hydrogen) atoms. The van der Waals surface area contributed by atoms with Crippen molar-refractivity contribution in [1.29, 1.82) is 0 Å². The maximum atomic E-state index is 12.4. The number of ether oxygens (including phenoxy) is 1. The lowest BCUT2D eigenvalue weighted by molar-refractivity contribution is 0.0756. The van der Waals surface area contributed by atoms with Gasteiger partial charge in [-0.1, -0.05) is 30.3 Å². The molecule has 0 aromatic heterocycles. The quantitative estimate of drug-likeness (QED) is 0.344. The second kappa shape index (κ2) is 10.9. The first kappa shape index (κ1) is 24.4. The van der Waals surface area contributed by atoms with Gasteiger partial charge in [-0.2, -0.15) is 0 Å². The van der Waals surface area contributed by atoms with Gasteiger partial charge in [0.1, 0.15) is 0 Å². The normalized spacial score (nSPS) is 25.0. The van der Waals surface area contributed by atoms with Crippen LogP contribution < -0.4 is 10.6 Å². The largest absolute Gasteiger partial charge is 0.381 e. The maximum absolute atomic E-state index is 12.4. The monoisotopic (exact) mass is 535 g/mol. The van der Waals surface area contributed by atoms with Crippen molar-refractivity contribution in [3.63, 3.8) is 0 Å². The van der Waals surface area contributed by atoms with Gasteiger partial charge in [0.25, 0.3) is 0 Å². The molecule has 1 saturated heterocycles. The molecular formula is C21H34IN3O3S. The van der Waals surface area contributed by atoms with Crippen molar-refractivity contribution >= 4 is 39.8 Å². The van der Waals surface area contributed by atoms with Gasteiger partial charge >= 0.3 is 0 Å². The highest BCUT2D eigenvalue weighted by molar-refractivity contribution is 14.0. The van der Waals surface area contributed by atoms with E-state index in [1.165, 1.54) is 11.8 Å². The molecule has 2 N–H and O–H groups in total. The van der Waals surface area contributed by atoms with E-state index in [1.807, 2.05) is 0 Å².